The first-order chi connectivity index (χ1) is 9.32. The summed E-state index contributed by atoms with van der Waals surface area (Å²) in [7, 11) is -3.45. The van der Waals surface area contributed by atoms with Gasteiger partial charge in [0.15, 0.2) is 0 Å². The summed E-state index contributed by atoms with van der Waals surface area (Å²) in [4.78, 5) is 0.302. The van der Waals surface area contributed by atoms with E-state index in [-0.39, 0.29) is 6.04 Å². The van der Waals surface area contributed by atoms with Gasteiger partial charge in [-0.25, -0.2) is 8.42 Å². The normalized spacial score (nSPS) is 17.7. The van der Waals surface area contributed by atoms with Crippen LogP contribution < -0.4 is 0 Å². The number of sulfonamides is 1. The zero-order valence-electron chi connectivity index (χ0n) is 12.3. The molecule has 1 aliphatic carbocycles. The summed E-state index contributed by atoms with van der Waals surface area (Å²) in [6, 6.07) is 6.47. The van der Waals surface area contributed by atoms with Crippen LogP contribution in [0.2, 0.25) is 0 Å². The maximum atomic E-state index is 12.7. The Morgan fingerprint density at radius 2 is 1.75 bits per heavy atom. The molecule has 1 atom stereocenters. The number of benzene rings is 1. The average Bonchev–Trinajstić information content (AvgIpc) is 3.19. The van der Waals surface area contributed by atoms with Crippen LogP contribution in [0.3, 0.4) is 0 Å². The van der Waals surface area contributed by atoms with Gasteiger partial charge < -0.3 is 5.11 Å². The molecule has 1 aromatic carbocycles. The summed E-state index contributed by atoms with van der Waals surface area (Å²) in [5.74, 6) is 0.518. The maximum Gasteiger partial charge on any atom is 0.243 e. The Kier molecular flexibility index (Phi) is 4.52. The van der Waals surface area contributed by atoms with Crippen LogP contribution in [-0.4, -0.2) is 30.4 Å². The quantitative estimate of drug-likeness (QED) is 0.878. The maximum absolute atomic E-state index is 12.7. The molecule has 2 rings (SSSR count). The monoisotopic (exact) mass is 297 g/mol. The topological polar surface area (TPSA) is 57.6 Å². The van der Waals surface area contributed by atoms with Gasteiger partial charge in [-0.1, -0.05) is 12.1 Å². The Morgan fingerprint density at radius 1 is 1.20 bits per heavy atom. The Morgan fingerprint density at radius 3 is 2.15 bits per heavy atom. The zero-order valence-corrected chi connectivity index (χ0v) is 13.1. The van der Waals surface area contributed by atoms with Crippen LogP contribution in [0.4, 0.5) is 0 Å². The van der Waals surface area contributed by atoms with E-state index in [1.165, 1.54) is 0 Å². The van der Waals surface area contributed by atoms with Crippen molar-refractivity contribution in [3.63, 3.8) is 0 Å². The summed E-state index contributed by atoms with van der Waals surface area (Å²) < 4.78 is 26.9. The number of hydrogen-bond donors (Lipinski definition) is 1. The first-order valence-corrected chi connectivity index (χ1v) is 8.56. The number of rotatable bonds is 6. The van der Waals surface area contributed by atoms with E-state index in [0.717, 1.165) is 18.4 Å². The molecule has 1 fully saturated rings. The molecule has 0 aliphatic heterocycles. The van der Waals surface area contributed by atoms with Crippen molar-refractivity contribution in [2.45, 2.75) is 50.7 Å². The van der Waals surface area contributed by atoms with Gasteiger partial charge in [0.05, 0.1) is 11.0 Å². The van der Waals surface area contributed by atoms with E-state index >= 15 is 0 Å². The third-order valence-corrected chi connectivity index (χ3v) is 5.74. The van der Waals surface area contributed by atoms with Crippen molar-refractivity contribution in [3.05, 3.63) is 29.8 Å². The van der Waals surface area contributed by atoms with E-state index in [2.05, 4.69) is 0 Å². The fourth-order valence-corrected chi connectivity index (χ4v) is 3.91. The molecule has 1 aliphatic rings. The lowest BCUT2D eigenvalue weighted by atomic mass is 10.1. The molecule has 1 aromatic rings. The third-order valence-electron chi connectivity index (χ3n) is 3.68. The van der Waals surface area contributed by atoms with E-state index in [9.17, 15) is 13.5 Å². The van der Waals surface area contributed by atoms with Crippen molar-refractivity contribution < 1.29 is 13.5 Å². The molecular weight excluding hydrogens is 274 g/mol. The highest BCUT2D eigenvalue weighted by molar-refractivity contribution is 7.89. The van der Waals surface area contributed by atoms with Crippen molar-refractivity contribution in [1.29, 1.82) is 0 Å². The van der Waals surface area contributed by atoms with Gasteiger partial charge in [0.2, 0.25) is 10.0 Å². The van der Waals surface area contributed by atoms with Gasteiger partial charge in [0, 0.05) is 12.6 Å². The van der Waals surface area contributed by atoms with Gasteiger partial charge >= 0.3 is 0 Å². The zero-order chi connectivity index (χ0) is 14.9. The molecule has 1 saturated carbocycles. The predicted octanol–water partition coefficient (Wildman–Crippen LogP) is 2.55. The third kappa shape index (κ3) is 3.40. The second kappa shape index (κ2) is 5.84. The molecule has 0 aromatic heterocycles. The molecule has 0 bridgehead atoms. The largest absolute Gasteiger partial charge is 0.389 e. The number of aliphatic hydroxyl groups excluding tert-OH is 1. The first-order valence-electron chi connectivity index (χ1n) is 7.12. The Labute approximate surface area is 121 Å². The number of nitrogens with zero attached hydrogens (tertiary/aromatic N) is 1. The fraction of sp³-hybridized carbons (Fsp3) is 0.600. The van der Waals surface area contributed by atoms with E-state index in [0.29, 0.717) is 17.4 Å². The lowest BCUT2D eigenvalue weighted by Crippen LogP contribution is -2.38. The summed E-state index contributed by atoms with van der Waals surface area (Å²) in [5.41, 5.74) is 0.724. The molecule has 20 heavy (non-hydrogen) atoms. The van der Waals surface area contributed by atoms with E-state index in [1.54, 1.807) is 35.5 Å². The standard InChI is InChI=1S/C15H23NO3S/c1-11(2)16(10-13-4-5-13)20(18,19)15-8-6-14(7-9-15)12(3)17/h6-9,11-13,17H,4-5,10H2,1-3H3. The summed E-state index contributed by atoms with van der Waals surface area (Å²) in [5, 5.41) is 9.48. The van der Waals surface area contributed by atoms with E-state index in [1.807, 2.05) is 13.8 Å². The van der Waals surface area contributed by atoms with Crippen LogP contribution in [0, 0.1) is 5.92 Å². The van der Waals surface area contributed by atoms with Gasteiger partial charge in [-0.05, 0) is 57.2 Å². The van der Waals surface area contributed by atoms with Crippen molar-refractivity contribution in [2.75, 3.05) is 6.54 Å². The highest BCUT2D eigenvalue weighted by Crippen LogP contribution is 2.32. The Balaban J connectivity index is 2.26. The Hall–Kier alpha value is -0.910. The smallest absolute Gasteiger partial charge is 0.243 e. The molecule has 0 saturated heterocycles. The predicted molar refractivity (Wildman–Crippen MR) is 78.8 cm³/mol. The minimum atomic E-state index is -3.45. The minimum Gasteiger partial charge on any atom is -0.389 e. The van der Waals surface area contributed by atoms with Crippen LogP contribution in [-0.2, 0) is 10.0 Å². The second-order valence-electron chi connectivity index (χ2n) is 5.86. The van der Waals surface area contributed by atoms with Crippen LogP contribution in [0.15, 0.2) is 29.2 Å². The summed E-state index contributed by atoms with van der Waals surface area (Å²) >= 11 is 0. The summed E-state index contributed by atoms with van der Waals surface area (Å²) in [6.07, 6.45) is 1.67. The molecule has 112 valence electrons. The highest BCUT2D eigenvalue weighted by Gasteiger charge is 2.33. The average molecular weight is 297 g/mol. The lowest BCUT2D eigenvalue weighted by molar-refractivity contribution is 0.199. The summed E-state index contributed by atoms with van der Waals surface area (Å²) in [6.45, 7) is 6.09. The molecule has 0 spiro atoms. The molecule has 0 amide bonds. The van der Waals surface area contributed by atoms with Gasteiger partial charge in [-0.15, -0.1) is 0 Å². The Bertz CT molecular complexity index is 545. The lowest BCUT2D eigenvalue weighted by Gasteiger charge is -2.26. The number of hydrogen-bond acceptors (Lipinski definition) is 3. The molecule has 1 unspecified atom stereocenters. The van der Waals surface area contributed by atoms with Gasteiger partial charge in [0.1, 0.15) is 0 Å². The minimum absolute atomic E-state index is 0.0444. The van der Waals surface area contributed by atoms with Crippen molar-refractivity contribution in [2.24, 2.45) is 5.92 Å². The second-order valence-corrected chi connectivity index (χ2v) is 7.75. The SMILES string of the molecule is CC(O)c1ccc(S(=O)(=O)N(CC2CC2)C(C)C)cc1. The van der Waals surface area contributed by atoms with Crippen LogP contribution in [0.1, 0.15) is 45.3 Å². The highest BCUT2D eigenvalue weighted by atomic mass is 32.2. The van der Waals surface area contributed by atoms with Gasteiger partial charge in [-0.2, -0.15) is 4.31 Å². The van der Waals surface area contributed by atoms with E-state index < -0.39 is 16.1 Å². The molecule has 5 heteroatoms. The van der Waals surface area contributed by atoms with Crippen LogP contribution >= 0.6 is 0 Å². The fourth-order valence-electron chi connectivity index (χ4n) is 2.20. The van der Waals surface area contributed by atoms with Gasteiger partial charge in [-0.3, -0.25) is 0 Å². The first kappa shape index (κ1) is 15.5. The molecule has 0 heterocycles. The number of aliphatic hydroxyl groups is 1. The van der Waals surface area contributed by atoms with Crippen molar-refractivity contribution in [3.8, 4) is 0 Å². The van der Waals surface area contributed by atoms with E-state index in [4.69, 9.17) is 0 Å². The molecule has 0 radical (unpaired) electrons. The van der Waals surface area contributed by atoms with Crippen LogP contribution in [0.5, 0.6) is 0 Å². The van der Waals surface area contributed by atoms with Crippen LogP contribution in [0.25, 0.3) is 0 Å². The van der Waals surface area contributed by atoms with Crippen molar-refractivity contribution in [1.82, 2.24) is 4.31 Å². The van der Waals surface area contributed by atoms with Gasteiger partial charge in [0.25, 0.3) is 0 Å². The molecule has 4 nitrogen and oxygen atoms in total. The van der Waals surface area contributed by atoms with Crippen molar-refractivity contribution >= 4 is 10.0 Å². The molecular formula is C15H23NO3S. The molecule has 1 N–H and O–H groups in total.